The van der Waals surface area contributed by atoms with Crippen LogP contribution in [0, 0.1) is 0 Å². The zero-order valence-corrected chi connectivity index (χ0v) is 25.8. The SMILES string of the molecule is O=C([O-])C(F)(F)F.O=C([O-])C(F)(F)F.c1ccc2c(c1)c1cc[n+]2CCSCC[n+]2ccc(c3ccccc32)NCCSCCN1. The summed E-state index contributed by atoms with van der Waals surface area (Å²) in [6, 6.07) is 22.0. The molecule has 2 aromatic carbocycles. The van der Waals surface area contributed by atoms with Crippen LogP contribution < -0.4 is 30.0 Å². The number of alkyl halides is 6. The average molecular weight is 689 g/mol. The molecule has 2 aliphatic rings. The lowest BCUT2D eigenvalue weighted by Crippen LogP contribution is -2.37. The number of para-hydroxylation sites is 2. The van der Waals surface area contributed by atoms with E-state index in [1.54, 1.807) is 0 Å². The van der Waals surface area contributed by atoms with Gasteiger partial charge in [0.2, 0.25) is 11.0 Å². The van der Waals surface area contributed by atoms with Gasteiger partial charge in [-0.3, -0.25) is 0 Å². The lowest BCUT2D eigenvalue weighted by atomic mass is 10.2. The zero-order chi connectivity index (χ0) is 33.7. The molecule has 4 aromatic rings. The number of aliphatic carboxylic acids is 2. The van der Waals surface area contributed by atoms with Crippen LogP contribution in [0.4, 0.5) is 37.7 Å². The van der Waals surface area contributed by atoms with Crippen molar-refractivity contribution in [2.24, 2.45) is 0 Å². The smallest absolute Gasteiger partial charge is 0.430 e. The van der Waals surface area contributed by atoms with E-state index in [-0.39, 0.29) is 0 Å². The molecule has 46 heavy (non-hydrogen) atoms. The largest absolute Gasteiger partial charge is 0.542 e. The molecule has 4 heterocycles. The van der Waals surface area contributed by atoms with Gasteiger partial charge in [0.1, 0.15) is 11.9 Å². The van der Waals surface area contributed by atoms with Crippen LogP contribution >= 0.6 is 23.5 Å². The number of carboxylic acids is 2. The fraction of sp³-hybridized carbons (Fsp3) is 0.333. The zero-order valence-electron chi connectivity index (χ0n) is 24.2. The van der Waals surface area contributed by atoms with Gasteiger partial charge in [0.05, 0.1) is 33.7 Å². The number of hydrogen-bond acceptors (Lipinski definition) is 8. The second kappa shape index (κ2) is 17.1. The van der Waals surface area contributed by atoms with Gasteiger partial charge in [-0.15, -0.1) is 11.8 Å². The number of thioether (sulfide) groups is 2. The van der Waals surface area contributed by atoms with E-state index < -0.39 is 24.3 Å². The number of nitrogens with one attached hydrogen (secondary N) is 2. The van der Waals surface area contributed by atoms with Crippen molar-refractivity contribution in [1.82, 2.24) is 0 Å². The third-order valence-corrected chi connectivity index (χ3v) is 8.32. The number of fused-ring (bicyclic) bond motifs is 12. The minimum absolute atomic E-state index is 0.975. The minimum atomic E-state index is -5.19. The first-order valence-electron chi connectivity index (χ1n) is 13.8. The van der Waals surface area contributed by atoms with Crippen LogP contribution in [0.2, 0.25) is 0 Å². The van der Waals surface area contributed by atoms with Gasteiger partial charge in [-0.05, 0) is 12.1 Å². The topological polar surface area (TPSA) is 112 Å². The Balaban J connectivity index is 0.000000345. The first-order valence-corrected chi connectivity index (χ1v) is 16.1. The summed E-state index contributed by atoms with van der Waals surface area (Å²) in [6.07, 6.45) is -5.91. The van der Waals surface area contributed by atoms with E-state index in [0.29, 0.717) is 0 Å². The molecule has 16 heteroatoms. The maximum absolute atomic E-state index is 10.5. The quantitative estimate of drug-likeness (QED) is 0.214. The number of hydrogen-bond donors (Lipinski definition) is 2. The molecule has 0 saturated carbocycles. The van der Waals surface area contributed by atoms with Gasteiger partial charge in [0.15, 0.2) is 25.5 Å². The Morgan fingerprint density at radius 3 is 1.33 bits per heavy atom. The molecule has 4 bridgehead atoms. The molecule has 0 spiro atoms. The van der Waals surface area contributed by atoms with Crippen LogP contribution in [-0.4, -0.2) is 60.4 Å². The van der Waals surface area contributed by atoms with Crippen molar-refractivity contribution in [3.8, 4) is 0 Å². The standard InChI is InChI=1S/C26H28N4S2.2C2HF3O2/c1-3-7-25-21(5-1)23-9-13-29(25)15-19-32-20-16-30-14-10-24(22-6-2-4-8-26(22)30)28-12-18-31-17-11-27-23;2*3-2(4,5)1(6)7/h1-10,13-14H,11-12,15-20H2;2*(H,6,7). The van der Waals surface area contributed by atoms with E-state index in [1.165, 1.54) is 33.2 Å². The van der Waals surface area contributed by atoms with Gasteiger partial charge in [0.25, 0.3) is 0 Å². The molecule has 8 nitrogen and oxygen atoms in total. The Morgan fingerprint density at radius 1 is 0.609 bits per heavy atom. The fourth-order valence-corrected chi connectivity index (χ4v) is 5.87. The molecule has 0 fully saturated rings. The average Bonchev–Trinajstić information content (AvgIpc) is 3.01. The number of anilines is 2. The van der Waals surface area contributed by atoms with Crippen LogP contribution in [0.5, 0.6) is 0 Å². The molecule has 0 aliphatic carbocycles. The number of carbonyl (C=O) groups excluding carboxylic acids is 2. The van der Waals surface area contributed by atoms with Crippen molar-refractivity contribution >= 4 is 68.6 Å². The maximum atomic E-state index is 10.5. The van der Waals surface area contributed by atoms with Crippen molar-refractivity contribution in [2.45, 2.75) is 25.4 Å². The summed E-state index contributed by atoms with van der Waals surface area (Å²) >= 11 is 4.02. The number of carbonyl (C=O) groups is 2. The summed E-state index contributed by atoms with van der Waals surface area (Å²) < 4.78 is 67.9. The fourth-order valence-electron chi connectivity index (χ4n) is 4.32. The van der Waals surface area contributed by atoms with Crippen LogP contribution in [0.25, 0.3) is 21.8 Å². The summed E-state index contributed by atoms with van der Waals surface area (Å²) in [4.78, 5) is 17.6. The molecular weight excluding hydrogens is 658 g/mol. The first kappa shape index (κ1) is 36.5. The van der Waals surface area contributed by atoms with Crippen molar-refractivity contribution in [3.63, 3.8) is 0 Å². The van der Waals surface area contributed by atoms with Crippen molar-refractivity contribution in [1.29, 1.82) is 0 Å². The Morgan fingerprint density at radius 2 is 0.957 bits per heavy atom. The van der Waals surface area contributed by atoms with Crippen molar-refractivity contribution in [3.05, 3.63) is 73.1 Å². The number of carboxylic acid groups (broad SMARTS) is 2. The second-order valence-corrected chi connectivity index (χ2v) is 12.0. The van der Waals surface area contributed by atoms with Crippen LogP contribution in [0.3, 0.4) is 0 Å². The number of aryl methyl sites for hydroxylation is 2. The molecule has 0 radical (unpaired) electrons. The number of pyridine rings is 2. The molecule has 6 rings (SSSR count). The van der Waals surface area contributed by atoms with E-state index >= 15 is 0 Å². The highest BCUT2D eigenvalue weighted by Crippen LogP contribution is 2.22. The van der Waals surface area contributed by atoms with E-state index in [2.05, 4.69) is 92.8 Å². The molecule has 2 aromatic heterocycles. The lowest BCUT2D eigenvalue weighted by Gasteiger charge is -2.12. The summed E-state index contributed by atoms with van der Waals surface area (Å²) in [6.45, 7) is 4.00. The Hall–Kier alpha value is -3.92. The molecule has 0 saturated heterocycles. The Bertz CT molecular complexity index is 1510. The summed E-state index contributed by atoms with van der Waals surface area (Å²) in [5.74, 6) is -1.61. The lowest BCUT2D eigenvalue weighted by molar-refractivity contribution is -0.667. The maximum Gasteiger partial charge on any atom is 0.430 e. The van der Waals surface area contributed by atoms with Crippen molar-refractivity contribution < 1.29 is 55.3 Å². The third-order valence-electron chi connectivity index (χ3n) is 6.39. The van der Waals surface area contributed by atoms with Crippen LogP contribution in [0.1, 0.15) is 0 Å². The van der Waals surface area contributed by atoms with Crippen LogP contribution in [0.15, 0.2) is 73.1 Å². The van der Waals surface area contributed by atoms with Gasteiger partial charge < -0.3 is 30.4 Å². The number of rotatable bonds is 0. The first-order chi connectivity index (χ1) is 21.8. The summed E-state index contributed by atoms with van der Waals surface area (Å²) in [5.41, 5.74) is 5.08. The van der Waals surface area contributed by atoms with Gasteiger partial charge in [-0.25, -0.2) is 0 Å². The number of halogens is 6. The van der Waals surface area contributed by atoms with E-state index in [4.69, 9.17) is 19.8 Å². The summed E-state index contributed by atoms with van der Waals surface area (Å²) in [5, 5.41) is 27.5. The van der Waals surface area contributed by atoms with Gasteiger partial charge in [0, 0.05) is 48.9 Å². The predicted molar refractivity (Wildman–Crippen MR) is 162 cm³/mol. The molecule has 0 amide bonds. The molecule has 2 aliphatic heterocycles. The Labute approximate surface area is 268 Å². The van der Waals surface area contributed by atoms with Gasteiger partial charge >= 0.3 is 12.4 Å². The van der Waals surface area contributed by atoms with E-state index in [0.717, 1.165) is 49.2 Å². The molecule has 2 N–H and O–H groups in total. The molecule has 0 atom stereocenters. The number of aromatic nitrogens is 2. The predicted octanol–water partition coefficient (Wildman–Crippen LogP) is 3.17. The third kappa shape index (κ3) is 11.2. The monoisotopic (exact) mass is 688 g/mol. The molecular formula is C30H30F6N4O4S2. The normalized spacial score (nSPS) is 14.6. The van der Waals surface area contributed by atoms with E-state index in [9.17, 15) is 26.3 Å². The number of nitrogens with zero attached hydrogens (tertiary/aromatic N) is 2. The molecule has 248 valence electrons. The second-order valence-electron chi connectivity index (χ2n) is 9.53. The summed E-state index contributed by atoms with van der Waals surface area (Å²) in [7, 11) is 0. The minimum Gasteiger partial charge on any atom is -0.542 e. The van der Waals surface area contributed by atoms with E-state index in [1.807, 2.05) is 23.5 Å². The number of benzene rings is 2. The molecule has 0 unspecified atom stereocenters. The Kier molecular flexibility index (Phi) is 13.6. The van der Waals surface area contributed by atoms with Crippen LogP contribution in [-0.2, 0) is 22.7 Å². The van der Waals surface area contributed by atoms with Gasteiger partial charge in [-0.2, -0.15) is 47.2 Å². The van der Waals surface area contributed by atoms with Gasteiger partial charge in [-0.1, -0.05) is 24.3 Å². The highest BCUT2D eigenvalue weighted by molar-refractivity contribution is 7.99. The highest BCUT2D eigenvalue weighted by atomic mass is 32.2. The highest BCUT2D eigenvalue weighted by Gasteiger charge is 2.29. The van der Waals surface area contributed by atoms with Crippen molar-refractivity contribution in [2.75, 3.05) is 46.7 Å².